The molecule has 0 radical (unpaired) electrons. The molecule has 1 amide bonds. The van der Waals surface area contributed by atoms with Gasteiger partial charge in [-0.3, -0.25) is 9.69 Å². The Bertz CT molecular complexity index is 756. The largest absolute Gasteiger partial charge is 0.497 e. The lowest BCUT2D eigenvalue weighted by Gasteiger charge is -2.27. The minimum absolute atomic E-state index is 0. The Hall–Kier alpha value is -2.18. The molecule has 6 nitrogen and oxygen atoms in total. The zero-order valence-electron chi connectivity index (χ0n) is 14.9. The highest BCUT2D eigenvalue weighted by Gasteiger charge is 2.47. The first-order valence-electron chi connectivity index (χ1n) is 8.57. The number of carbonyl (C=O) groups is 1. The van der Waals surface area contributed by atoms with Crippen LogP contribution in [0, 0.1) is 11.8 Å². The second-order valence-corrected chi connectivity index (χ2v) is 6.92. The van der Waals surface area contributed by atoms with Gasteiger partial charge in [-0.15, -0.1) is 12.4 Å². The number of nitrogens with zero attached hydrogens (tertiary/aromatic N) is 4. The van der Waals surface area contributed by atoms with Crippen molar-refractivity contribution in [2.45, 2.75) is 6.04 Å². The van der Waals surface area contributed by atoms with Gasteiger partial charge < -0.3 is 9.64 Å². The molecule has 2 aliphatic rings. The quantitative estimate of drug-likeness (QED) is 0.825. The van der Waals surface area contributed by atoms with E-state index in [0.29, 0.717) is 23.4 Å². The Balaban J connectivity index is 0.00000196. The van der Waals surface area contributed by atoms with Gasteiger partial charge in [-0.2, -0.15) is 10.2 Å². The number of halogens is 1. The summed E-state index contributed by atoms with van der Waals surface area (Å²) in [5.74, 6) is 1.89. The van der Waals surface area contributed by atoms with E-state index in [2.05, 4.69) is 34.3 Å². The summed E-state index contributed by atoms with van der Waals surface area (Å²) in [6, 6.07) is 10.4. The molecule has 1 aromatic heterocycles. The van der Waals surface area contributed by atoms with Crippen LogP contribution in [0.25, 0.3) is 0 Å². The van der Waals surface area contributed by atoms with Gasteiger partial charge in [0.25, 0.3) is 5.91 Å². The van der Waals surface area contributed by atoms with E-state index < -0.39 is 0 Å². The van der Waals surface area contributed by atoms with Crippen LogP contribution in [0.4, 0.5) is 0 Å². The number of hydrogen-bond acceptors (Lipinski definition) is 5. The molecule has 0 unspecified atom stereocenters. The van der Waals surface area contributed by atoms with Gasteiger partial charge in [0.15, 0.2) is 0 Å². The average Bonchev–Trinajstić information content (AvgIpc) is 3.18. The highest BCUT2D eigenvalue weighted by Crippen LogP contribution is 2.44. The van der Waals surface area contributed by atoms with Crippen molar-refractivity contribution < 1.29 is 9.53 Å². The first kappa shape index (κ1) is 18.6. The molecule has 2 saturated heterocycles. The van der Waals surface area contributed by atoms with E-state index in [1.807, 2.05) is 17.0 Å². The van der Waals surface area contributed by atoms with Crippen LogP contribution in [-0.4, -0.2) is 59.7 Å². The standard InChI is InChI=1S/C19H22N4O2.ClH/c1-22-10-15-11-23(19(24)14-7-8-20-21-9-14)12-17(15)18(22)13-3-5-16(25-2)6-4-13;/h3-9,15,17-18H,10-12H2,1-2H3;1H/t15-,17+,18-;/m0./s1. The molecule has 7 heteroatoms. The van der Waals surface area contributed by atoms with Crippen LogP contribution in [0.3, 0.4) is 0 Å². The molecule has 0 aliphatic carbocycles. The summed E-state index contributed by atoms with van der Waals surface area (Å²) in [7, 11) is 3.85. The summed E-state index contributed by atoms with van der Waals surface area (Å²) >= 11 is 0. The normalized spacial score (nSPS) is 24.8. The molecule has 2 fully saturated rings. The van der Waals surface area contributed by atoms with E-state index in [4.69, 9.17) is 4.74 Å². The molecular weight excluding hydrogens is 352 g/mol. The fourth-order valence-corrected chi connectivity index (χ4v) is 4.33. The minimum atomic E-state index is 0. The number of rotatable bonds is 3. The maximum atomic E-state index is 12.7. The van der Waals surface area contributed by atoms with Crippen LogP contribution in [-0.2, 0) is 0 Å². The number of hydrogen-bond donors (Lipinski definition) is 0. The number of methoxy groups -OCH3 is 1. The smallest absolute Gasteiger partial charge is 0.255 e. The van der Waals surface area contributed by atoms with Gasteiger partial charge in [-0.1, -0.05) is 12.1 Å². The van der Waals surface area contributed by atoms with Crippen molar-refractivity contribution in [3.63, 3.8) is 0 Å². The Morgan fingerprint density at radius 2 is 1.88 bits per heavy atom. The highest BCUT2D eigenvalue weighted by atomic mass is 35.5. The second kappa shape index (κ2) is 7.60. The van der Waals surface area contributed by atoms with Crippen molar-refractivity contribution >= 4 is 18.3 Å². The SMILES string of the molecule is COc1ccc([C@H]2[C@@H]3CN(C(=O)c4ccnnc4)C[C@@H]3CN2C)cc1.Cl. The molecule has 26 heavy (non-hydrogen) atoms. The van der Waals surface area contributed by atoms with E-state index in [-0.39, 0.29) is 18.3 Å². The first-order valence-corrected chi connectivity index (χ1v) is 8.57. The monoisotopic (exact) mass is 374 g/mol. The number of likely N-dealkylation sites (tertiary alicyclic amines) is 2. The van der Waals surface area contributed by atoms with Crippen molar-refractivity contribution in [1.82, 2.24) is 20.0 Å². The number of benzene rings is 1. The zero-order chi connectivity index (χ0) is 17.4. The molecule has 0 saturated carbocycles. The third-order valence-electron chi connectivity index (χ3n) is 5.47. The number of aromatic nitrogens is 2. The van der Waals surface area contributed by atoms with Gasteiger partial charge in [0, 0.05) is 31.6 Å². The molecular formula is C19H23ClN4O2. The van der Waals surface area contributed by atoms with E-state index in [0.717, 1.165) is 25.4 Å². The second-order valence-electron chi connectivity index (χ2n) is 6.92. The van der Waals surface area contributed by atoms with E-state index in [1.165, 1.54) is 5.56 Å². The lowest BCUT2D eigenvalue weighted by Crippen LogP contribution is -2.33. The Labute approximate surface area is 159 Å². The van der Waals surface area contributed by atoms with Gasteiger partial charge in [0.05, 0.1) is 25.1 Å². The molecule has 3 atom stereocenters. The average molecular weight is 375 g/mol. The van der Waals surface area contributed by atoms with Crippen molar-refractivity contribution in [3.05, 3.63) is 53.9 Å². The molecule has 2 aromatic rings. The fraction of sp³-hybridized carbons (Fsp3) is 0.421. The molecule has 1 aromatic carbocycles. The predicted molar refractivity (Wildman–Crippen MR) is 101 cm³/mol. The lowest BCUT2D eigenvalue weighted by atomic mass is 9.89. The summed E-state index contributed by atoms with van der Waals surface area (Å²) in [6.07, 6.45) is 3.11. The number of carbonyl (C=O) groups excluding carboxylic acids is 1. The van der Waals surface area contributed by atoms with Crippen molar-refractivity contribution in [2.24, 2.45) is 11.8 Å². The van der Waals surface area contributed by atoms with Crippen molar-refractivity contribution in [2.75, 3.05) is 33.8 Å². The van der Waals surface area contributed by atoms with Crippen molar-refractivity contribution in [3.8, 4) is 5.75 Å². The third kappa shape index (κ3) is 3.27. The topological polar surface area (TPSA) is 58.6 Å². The maximum absolute atomic E-state index is 12.7. The number of ether oxygens (including phenoxy) is 1. The van der Waals surface area contributed by atoms with Crippen LogP contribution in [0.5, 0.6) is 5.75 Å². The molecule has 3 heterocycles. The van der Waals surface area contributed by atoms with Gasteiger partial charge in [-0.05, 0) is 36.7 Å². The Morgan fingerprint density at radius 3 is 2.54 bits per heavy atom. The van der Waals surface area contributed by atoms with Crippen LogP contribution in [0.2, 0.25) is 0 Å². The van der Waals surface area contributed by atoms with Gasteiger partial charge in [0.1, 0.15) is 5.75 Å². The number of fused-ring (bicyclic) bond motifs is 1. The highest BCUT2D eigenvalue weighted by molar-refractivity contribution is 5.94. The van der Waals surface area contributed by atoms with E-state index >= 15 is 0 Å². The van der Waals surface area contributed by atoms with Crippen LogP contribution in [0.15, 0.2) is 42.7 Å². The molecule has 0 spiro atoms. The predicted octanol–water partition coefficient (Wildman–Crippen LogP) is 2.28. The zero-order valence-corrected chi connectivity index (χ0v) is 15.7. The lowest BCUT2D eigenvalue weighted by molar-refractivity contribution is 0.0767. The summed E-state index contributed by atoms with van der Waals surface area (Å²) in [5.41, 5.74) is 1.90. The summed E-state index contributed by atoms with van der Waals surface area (Å²) in [6.45, 7) is 2.61. The fourth-order valence-electron chi connectivity index (χ4n) is 4.33. The third-order valence-corrected chi connectivity index (χ3v) is 5.47. The first-order chi connectivity index (χ1) is 12.2. The molecule has 2 aliphatic heterocycles. The van der Waals surface area contributed by atoms with Crippen molar-refractivity contribution in [1.29, 1.82) is 0 Å². The minimum Gasteiger partial charge on any atom is -0.497 e. The van der Waals surface area contributed by atoms with Crippen LogP contribution >= 0.6 is 12.4 Å². The molecule has 0 bridgehead atoms. The maximum Gasteiger partial charge on any atom is 0.255 e. The molecule has 0 N–H and O–H groups in total. The summed E-state index contributed by atoms with van der Waals surface area (Å²) < 4.78 is 5.27. The number of amides is 1. The van der Waals surface area contributed by atoms with Gasteiger partial charge in [0.2, 0.25) is 0 Å². The Morgan fingerprint density at radius 1 is 1.12 bits per heavy atom. The summed E-state index contributed by atoms with van der Waals surface area (Å²) in [4.78, 5) is 17.1. The molecule has 138 valence electrons. The van der Waals surface area contributed by atoms with Crippen LogP contribution in [0.1, 0.15) is 22.0 Å². The van der Waals surface area contributed by atoms with Crippen LogP contribution < -0.4 is 4.74 Å². The Kier molecular flexibility index (Phi) is 5.44. The van der Waals surface area contributed by atoms with E-state index in [1.54, 1.807) is 25.6 Å². The van der Waals surface area contributed by atoms with Gasteiger partial charge >= 0.3 is 0 Å². The van der Waals surface area contributed by atoms with E-state index in [9.17, 15) is 4.79 Å². The van der Waals surface area contributed by atoms with Gasteiger partial charge in [-0.25, -0.2) is 0 Å². The summed E-state index contributed by atoms with van der Waals surface area (Å²) in [5, 5.41) is 7.57. The molecule has 4 rings (SSSR count).